The van der Waals surface area contributed by atoms with Gasteiger partial charge >= 0.3 is 0 Å². The molecular formula is C10H14N2O. The quantitative estimate of drug-likeness (QED) is 0.616. The number of hydrogen-bond donors (Lipinski definition) is 0. The molecule has 1 aliphatic carbocycles. The Kier molecular flexibility index (Phi) is 2.43. The van der Waals surface area contributed by atoms with Crippen LogP contribution in [0.25, 0.3) is 0 Å². The number of hydrogen-bond acceptors (Lipinski definition) is 2. The smallest absolute Gasteiger partial charge is 0.135 e. The van der Waals surface area contributed by atoms with Gasteiger partial charge in [-0.1, -0.05) is 6.42 Å². The van der Waals surface area contributed by atoms with Crippen LogP contribution in [0.5, 0.6) is 0 Å². The second-order valence-electron chi connectivity index (χ2n) is 3.63. The number of carbonyl (C=O) groups is 1. The summed E-state index contributed by atoms with van der Waals surface area (Å²) >= 11 is 0. The maximum atomic E-state index is 11.3. The first-order valence-electron chi connectivity index (χ1n) is 4.87. The highest BCUT2D eigenvalue weighted by atomic mass is 16.1. The highest BCUT2D eigenvalue weighted by Crippen LogP contribution is 2.24. The van der Waals surface area contributed by atoms with E-state index in [1.807, 2.05) is 16.9 Å². The molecule has 0 saturated heterocycles. The highest BCUT2D eigenvalue weighted by Gasteiger charge is 2.18. The van der Waals surface area contributed by atoms with Gasteiger partial charge in [-0.3, -0.25) is 9.48 Å². The van der Waals surface area contributed by atoms with E-state index in [2.05, 4.69) is 5.10 Å². The molecule has 0 radical (unpaired) electrons. The number of ketones is 1. The first-order chi connectivity index (χ1) is 6.36. The summed E-state index contributed by atoms with van der Waals surface area (Å²) < 4.78 is 1.92. The third kappa shape index (κ3) is 1.97. The Labute approximate surface area is 77.7 Å². The third-order valence-corrected chi connectivity index (χ3v) is 2.61. The molecule has 70 valence electrons. The molecule has 0 bridgehead atoms. The Balaban J connectivity index is 2.09. The fraction of sp³-hybridized carbons (Fsp3) is 0.600. The lowest BCUT2D eigenvalue weighted by Crippen LogP contribution is -2.11. The molecule has 0 aliphatic heterocycles. The Bertz CT molecular complexity index is 279. The minimum Gasteiger partial charge on any atom is -0.300 e. The molecule has 3 nitrogen and oxygen atoms in total. The molecule has 1 aromatic rings. The summed E-state index contributed by atoms with van der Waals surface area (Å²) in [4.78, 5) is 11.3. The minimum atomic E-state index is 0.310. The van der Waals surface area contributed by atoms with Crippen LogP contribution in [0.2, 0.25) is 0 Å². The van der Waals surface area contributed by atoms with Crippen LogP contribution in [0.4, 0.5) is 0 Å². The van der Waals surface area contributed by atoms with E-state index in [1.165, 1.54) is 0 Å². The molecule has 0 spiro atoms. The Morgan fingerprint density at radius 1 is 1.46 bits per heavy atom. The summed E-state index contributed by atoms with van der Waals surface area (Å²) in [5, 5.41) is 4.18. The van der Waals surface area contributed by atoms with Crippen LogP contribution in [0.3, 0.4) is 0 Å². The van der Waals surface area contributed by atoms with Gasteiger partial charge in [0.15, 0.2) is 0 Å². The van der Waals surface area contributed by atoms with Gasteiger partial charge < -0.3 is 0 Å². The van der Waals surface area contributed by atoms with Crippen LogP contribution in [0, 0.1) is 0 Å². The summed E-state index contributed by atoms with van der Waals surface area (Å²) in [6.07, 6.45) is 8.44. The predicted octanol–water partition coefficient (Wildman–Crippen LogP) is 1.96. The zero-order chi connectivity index (χ0) is 9.10. The topological polar surface area (TPSA) is 34.9 Å². The van der Waals surface area contributed by atoms with Crippen molar-refractivity contribution in [2.24, 2.45) is 0 Å². The molecule has 1 atom stereocenters. The van der Waals surface area contributed by atoms with Gasteiger partial charge in [-0.2, -0.15) is 5.10 Å². The zero-order valence-electron chi connectivity index (χ0n) is 7.65. The molecule has 0 amide bonds. The molecule has 3 heteroatoms. The fourth-order valence-electron chi connectivity index (χ4n) is 1.89. The lowest BCUT2D eigenvalue weighted by molar-refractivity contribution is -0.119. The molecular weight excluding hydrogens is 164 g/mol. The van der Waals surface area contributed by atoms with Gasteiger partial charge in [-0.15, -0.1) is 0 Å². The van der Waals surface area contributed by atoms with Crippen molar-refractivity contribution in [1.29, 1.82) is 0 Å². The van der Waals surface area contributed by atoms with E-state index < -0.39 is 0 Å². The highest BCUT2D eigenvalue weighted by molar-refractivity contribution is 5.78. The minimum absolute atomic E-state index is 0.310. The normalized spacial score (nSPS) is 24.3. The van der Waals surface area contributed by atoms with Crippen molar-refractivity contribution >= 4 is 5.78 Å². The van der Waals surface area contributed by atoms with Crippen molar-refractivity contribution in [3.05, 3.63) is 18.5 Å². The molecule has 0 aromatic carbocycles. The lowest BCUT2D eigenvalue weighted by Gasteiger charge is -2.13. The van der Waals surface area contributed by atoms with Crippen molar-refractivity contribution in [2.75, 3.05) is 0 Å². The number of carbonyl (C=O) groups excluding carboxylic acids is 1. The van der Waals surface area contributed by atoms with Gasteiger partial charge in [-0.25, -0.2) is 0 Å². The number of rotatable bonds is 1. The fourth-order valence-corrected chi connectivity index (χ4v) is 1.89. The average molecular weight is 178 g/mol. The second kappa shape index (κ2) is 3.73. The SMILES string of the molecule is O=C1CCCCC(n2cccn2)C1. The molecule has 1 unspecified atom stereocenters. The van der Waals surface area contributed by atoms with Crippen molar-refractivity contribution in [3.63, 3.8) is 0 Å². The molecule has 1 saturated carbocycles. The van der Waals surface area contributed by atoms with E-state index in [-0.39, 0.29) is 0 Å². The maximum Gasteiger partial charge on any atom is 0.135 e. The Hall–Kier alpha value is -1.12. The summed E-state index contributed by atoms with van der Waals surface area (Å²) in [6.45, 7) is 0. The van der Waals surface area contributed by atoms with Crippen LogP contribution in [-0.4, -0.2) is 15.6 Å². The first-order valence-corrected chi connectivity index (χ1v) is 4.87. The molecule has 1 aliphatic rings. The molecule has 13 heavy (non-hydrogen) atoms. The summed E-state index contributed by atoms with van der Waals surface area (Å²) in [7, 11) is 0. The number of aromatic nitrogens is 2. The van der Waals surface area contributed by atoms with E-state index in [0.29, 0.717) is 18.2 Å². The molecule has 0 N–H and O–H groups in total. The van der Waals surface area contributed by atoms with E-state index in [0.717, 1.165) is 25.7 Å². The van der Waals surface area contributed by atoms with Gasteiger partial charge in [0.2, 0.25) is 0 Å². The lowest BCUT2D eigenvalue weighted by atomic mass is 10.1. The molecule has 1 aromatic heterocycles. The van der Waals surface area contributed by atoms with Gasteiger partial charge in [-0.05, 0) is 18.9 Å². The monoisotopic (exact) mass is 178 g/mol. The van der Waals surface area contributed by atoms with Gasteiger partial charge in [0.05, 0.1) is 6.04 Å². The predicted molar refractivity (Wildman–Crippen MR) is 49.4 cm³/mol. The van der Waals surface area contributed by atoms with E-state index in [9.17, 15) is 4.79 Å². The zero-order valence-corrected chi connectivity index (χ0v) is 7.65. The van der Waals surface area contributed by atoms with Crippen LogP contribution in [-0.2, 0) is 4.79 Å². The average Bonchev–Trinajstić information content (AvgIpc) is 2.56. The van der Waals surface area contributed by atoms with Crippen LogP contribution >= 0.6 is 0 Å². The standard InChI is InChI=1S/C10H14N2O/c13-10-5-2-1-4-9(8-10)12-7-3-6-11-12/h3,6-7,9H,1-2,4-5,8H2. The third-order valence-electron chi connectivity index (χ3n) is 2.61. The number of Topliss-reactive ketones (excluding diaryl/α,β-unsaturated/α-hetero) is 1. The van der Waals surface area contributed by atoms with E-state index in [4.69, 9.17) is 0 Å². The number of nitrogens with zero attached hydrogens (tertiary/aromatic N) is 2. The Morgan fingerprint density at radius 2 is 2.38 bits per heavy atom. The molecule has 1 fully saturated rings. The van der Waals surface area contributed by atoms with Crippen molar-refractivity contribution in [3.8, 4) is 0 Å². The summed E-state index contributed by atoms with van der Waals surface area (Å²) in [5.74, 6) is 0.387. The summed E-state index contributed by atoms with van der Waals surface area (Å²) in [5.41, 5.74) is 0. The first kappa shape index (κ1) is 8.48. The summed E-state index contributed by atoms with van der Waals surface area (Å²) in [6, 6.07) is 2.22. The van der Waals surface area contributed by atoms with Crippen molar-refractivity contribution < 1.29 is 4.79 Å². The van der Waals surface area contributed by atoms with Crippen LogP contribution < -0.4 is 0 Å². The largest absolute Gasteiger partial charge is 0.300 e. The van der Waals surface area contributed by atoms with E-state index >= 15 is 0 Å². The van der Waals surface area contributed by atoms with Gasteiger partial charge in [0.25, 0.3) is 0 Å². The van der Waals surface area contributed by atoms with Crippen molar-refractivity contribution in [2.45, 2.75) is 38.1 Å². The Morgan fingerprint density at radius 3 is 3.15 bits per heavy atom. The van der Waals surface area contributed by atoms with Gasteiger partial charge in [0.1, 0.15) is 5.78 Å². The molecule has 2 rings (SSSR count). The van der Waals surface area contributed by atoms with Crippen molar-refractivity contribution in [1.82, 2.24) is 9.78 Å². The maximum absolute atomic E-state index is 11.3. The molecule has 1 heterocycles. The van der Waals surface area contributed by atoms with Crippen LogP contribution in [0.1, 0.15) is 38.1 Å². The van der Waals surface area contributed by atoms with Crippen LogP contribution in [0.15, 0.2) is 18.5 Å². The second-order valence-corrected chi connectivity index (χ2v) is 3.63. The van der Waals surface area contributed by atoms with Gasteiger partial charge in [0, 0.05) is 25.2 Å². The van der Waals surface area contributed by atoms with E-state index in [1.54, 1.807) is 6.20 Å².